The van der Waals surface area contributed by atoms with Crippen LogP contribution in [0.3, 0.4) is 0 Å². The van der Waals surface area contributed by atoms with Crippen molar-refractivity contribution in [2.24, 2.45) is 0 Å². The Labute approximate surface area is 119 Å². The van der Waals surface area contributed by atoms with Crippen molar-refractivity contribution in [3.05, 3.63) is 49.6 Å². The molecule has 0 aliphatic carbocycles. The molecule has 0 radical (unpaired) electrons. The second-order valence-corrected chi connectivity index (χ2v) is 6.14. The van der Waals surface area contributed by atoms with Gasteiger partial charge in [-0.1, -0.05) is 40.9 Å². The molecule has 1 atom stereocenters. The zero-order valence-electron chi connectivity index (χ0n) is 9.01. The third-order valence-electron chi connectivity index (χ3n) is 2.34. The van der Waals surface area contributed by atoms with E-state index in [0.29, 0.717) is 10.0 Å². The molecular weight excluding hydrogens is 297 g/mol. The first-order valence-corrected chi connectivity index (χ1v) is 6.98. The molecule has 1 heterocycles. The van der Waals surface area contributed by atoms with Crippen LogP contribution in [0.4, 0.5) is 5.69 Å². The molecule has 1 N–H and O–H groups in total. The molecule has 0 bridgehead atoms. The van der Waals surface area contributed by atoms with Gasteiger partial charge in [0.15, 0.2) is 0 Å². The zero-order valence-corrected chi connectivity index (χ0v) is 12.1. The van der Waals surface area contributed by atoms with Crippen LogP contribution in [0.5, 0.6) is 0 Å². The third kappa shape index (κ3) is 3.08. The number of thiophene rings is 1. The second-order valence-electron chi connectivity index (χ2n) is 3.61. The fourth-order valence-electron chi connectivity index (χ4n) is 1.48. The van der Waals surface area contributed by atoms with Crippen molar-refractivity contribution in [2.45, 2.75) is 13.0 Å². The van der Waals surface area contributed by atoms with Crippen molar-refractivity contribution in [1.82, 2.24) is 0 Å². The topological polar surface area (TPSA) is 12.0 Å². The Balaban J connectivity index is 2.18. The Morgan fingerprint density at radius 1 is 1.12 bits per heavy atom. The summed E-state index contributed by atoms with van der Waals surface area (Å²) in [5.74, 6) is 0. The summed E-state index contributed by atoms with van der Waals surface area (Å²) in [6.45, 7) is 2.05. The van der Waals surface area contributed by atoms with Gasteiger partial charge in [0.05, 0.1) is 26.1 Å². The molecule has 0 saturated heterocycles. The van der Waals surface area contributed by atoms with E-state index in [1.165, 1.54) is 0 Å². The fraction of sp³-hybridized carbons (Fsp3) is 0.167. The molecule has 5 heteroatoms. The predicted molar refractivity (Wildman–Crippen MR) is 77.8 cm³/mol. The van der Waals surface area contributed by atoms with Crippen molar-refractivity contribution in [3.63, 3.8) is 0 Å². The van der Waals surface area contributed by atoms with E-state index in [9.17, 15) is 0 Å². The van der Waals surface area contributed by atoms with Crippen LogP contribution in [-0.2, 0) is 0 Å². The van der Waals surface area contributed by atoms with Gasteiger partial charge >= 0.3 is 0 Å². The SMILES string of the molecule is CC(Nc1cccc(Cl)c1Cl)c1ccc(Cl)s1. The highest BCUT2D eigenvalue weighted by Gasteiger charge is 2.11. The van der Waals surface area contributed by atoms with Gasteiger partial charge in [0.2, 0.25) is 0 Å². The van der Waals surface area contributed by atoms with E-state index in [4.69, 9.17) is 34.8 Å². The molecule has 1 nitrogen and oxygen atoms in total. The van der Waals surface area contributed by atoms with Gasteiger partial charge in [0.25, 0.3) is 0 Å². The first-order valence-electron chi connectivity index (χ1n) is 5.03. The number of nitrogens with one attached hydrogen (secondary N) is 1. The van der Waals surface area contributed by atoms with Crippen molar-refractivity contribution in [2.75, 3.05) is 5.32 Å². The molecule has 1 unspecified atom stereocenters. The number of hydrogen-bond donors (Lipinski definition) is 1. The zero-order chi connectivity index (χ0) is 12.4. The lowest BCUT2D eigenvalue weighted by atomic mass is 10.2. The van der Waals surface area contributed by atoms with Crippen LogP contribution in [0.1, 0.15) is 17.8 Å². The molecule has 1 aromatic heterocycles. The summed E-state index contributed by atoms with van der Waals surface area (Å²) in [4.78, 5) is 1.16. The van der Waals surface area contributed by atoms with Crippen molar-refractivity contribution >= 4 is 51.8 Å². The number of benzene rings is 1. The molecular formula is C12H10Cl3NS. The van der Waals surface area contributed by atoms with Gasteiger partial charge in [-0.15, -0.1) is 11.3 Å². The Hall–Kier alpha value is -0.410. The van der Waals surface area contributed by atoms with Gasteiger partial charge in [-0.05, 0) is 31.2 Å². The summed E-state index contributed by atoms with van der Waals surface area (Å²) in [5, 5.41) is 4.41. The highest BCUT2D eigenvalue weighted by Crippen LogP contribution is 2.34. The summed E-state index contributed by atoms with van der Waals surface area (Å²) in [6, 6.07) is 9.57. The maximum absolute atomic E-state index is 6.11. The Morgan fingerprint density at radius 3 is 2.53 bits per heavy atom. The Morgan fingerprint density at radius 2 is 1.88 bits per heavy atom. The minimum Gasteiger partial charge on any atom is -0.376 e. The lowest BCUT2D eigenvalue weighted by Crippen LogP contribution is -2.05. The van der Waals surface area contributed by atoms with Crippen LogP contribution in [0.2, 0.25) is 14.4 Å². The molecule has 2 aromatic rings. The molecule has 90 valence electrons. The smallest absolute Gasteiger partial charge is 0.0932 e. The molecule has 0 fully saturated rings. The van der Waals surface area contributed by atoms with Crippen molar-refractivity contribution in [3.8, 4) is 0 Å². The van der Waals surface area contributed by atoms with Crippen LogP contribution in [0.15, 0.2) is 30.3 Å². The standard InChI is InChI=1S/C12H10Cl3NS/c1-7(10-5-6-11(14)17-10)16-9-4-2-3-8(13)12(9)15/h2-7,16H,1H3. The summed E-state index contributed by atoms with van der Waals surface area (Å²) in [5.41, 5.74) is 0.830. The molecule has 0 saturated carbocycles. The minimum atomic E-state index is 0.142. The van der Waals surface area contributed by atoms with Gasteiger partial charge in [-0.3, -0.25) is 0 Å². The van der Waals surface area contributed by atoms with Crippen molar-refractivity contribution < 1.29 is 0 Å². The molecule has 0 aliphatic heterocycles. The quantitative estimate of drug-likeness (QED) is 0.746. The lowest BCUT2D eigenvalue weighted by Gasteiger charge is -2.15. The molecule has 1 aromatic carbocycles. The number of anilines is 1. The highest BCUT2D eigenvalue weighted by atomic mass is 35.5. The summed E-state index contributed by atoms with van der Waals surface area (Å²) < 4.78 is 0.783. The van der Waals surface area contributed by atoms with Crippen LogP contribution < -0.4 is 5.32 Å². The minimum absolute atomic E-state index is 0.142. The van der Waals surface area contributed by atoms with Crippen molar-refractivity contribution in [1.29, 1.82) is 0 Å². The average molecular weight is 307 g/mol. The lowest BCUT2D eigenvalue weighted by molar-refractivity contribution is 0.908. The fourth-order valence-corrected chi connectivity index (χ4v) is 2.90. The van der Waals surface area contributed by atoms with E-state index < -0.39 is 0 Å². The number of halogens is 3. The highest BCUT2D eigenvalue weighted by molar-refractivity contribution is 7.16. The van der Waals surface area contributed by atoms with E-state index in [1.807, 2.05) is 24.3 Å². The van der Waals surface area contributed by atoms with Gasteiger partial charge < -0.3 is 5.32 Å². The van der Waals surface area contributed by atoms with E-state index in [0.717, 1.165) is 14.9 Å². The van der Waals surface area contributed by atoms with E-state index in [2.05, 4.69) is 12.2 Å². The Bertz CT molecular complexity index is 524. The Kier molecular flexibility index (Phi) is 4.21. The monoisotopic (exact) mass is 305 g/mol. The first kappa shape index (κ1) is 13.0. The molecule has 17 heavy (non-hydrogen) atoms. The molecule has 0 spiro atoms. The van der Waals surface area contributed by atoms with E-state index in [1.54, 1.807) is 17.4 Å². The molecule has 2 rings (SSSR count). The van der Waals surface area contributed by atoms with Gasteiger partial charge in [0, 0.05) is 4.88 Å². The third-order valence-corrected chi connectivity index (χ3v) is 4.58. The normalized spacial score (nSPS) is 12.5. The van der Waals surface area contributed by atoms with Crippen LogP contribution in [0, 0.1) is 0 Å². The van der Waals surface area contributed by atoms with Gasteiger partial charge in [-0.25, -0.2) is 0 Å². The second kappa shape index (κ2) is 5.49. The maximum Gasteiger partial charge on any atom is 0.0932 e. The maximum atomic E-state index is 6.11. The number of rotatable bonds is 3. The molecule has 0 amide bonds. The van der Waals surface area contributed by atoms with E-state index >= 15 is 0 Å². The first-order chi connectivity index (χ1) is 8.08. The molecule has 0 aliphatic rings. The summed E-state index contributed by atoms with van der Waals surface area (Å²) >= 11 is 19.5. The largest absolute Gasteiger partial charge is 0.376 e. The summed E-state index contributed by atoms with van der Waals surface area (Å²) in [6.07, 6.45) is 0. The van der Waals surface area contributed by atoms with Gasteiger partial charge in [0.1, 0.15) is 0 Å². The van der Waals surface area contributed by atoms with Crippen LogP contribution in [0.25, 0.3) is 0 Å². The number of hydrogen-bond acceptors (Lipinski definition) is 2. The predicted octanol–water partition coefficient (Wildman–Crippen LogP) is 5.88. The van der Waals surface area contributed by atoms with Crippen LogP contribution >= 0.6 is 46.1 Å². The van der Waals surface area contributed by atoms with Gasteiger partial charge in [-0.2, -0.15) is 0 Å². The van der Waals surface area contributed by atoms with Crippen LogP contribution in [-0.4, -0.2) is 0 Å². The summed E-state index contributed by atoms with van der Waals surface area (Å²) in [7, 11) is 0. The van der Waals surface area contributed by atoms with E-state index in [-0.39, 0.29) is 6.04 Å². The average Bonchev–Trinajstić information content (AvgIpc) is 2.72.